The first-order valence-corrected chi connectivity index (χ1v) is 7.12. The van der Waals surface area contributed by atoms with Crippen LogP contribution in [-0.4, -0.2) is 37.6 Å². The number of nitrogens with zero attached hydrogens (tertiary/aromatic N) is 1. The molecule has 1 atom stereocenters. The number of nitrogens with one attached hydrogen (secondary N) is 1. The summed E-state index contributed by atoms with van der Waals surface area (Å²) in [6, 6.07) is 2.66. The van der Waals surface area contributed by atoms with Gasteiger partial charge in [0.05, 0.1) is 0 Å². The summed E-state index contributed by atoms with van der Waals surface area (Å²) in [7, 11) is 6.31. The smallest absolute Gasteiger partial charge is 0.0303 e. The molecule has 1 heterocycles. The van der Waals surface area contributed by atoms with Crippen LogP contribution >= 0.6 is 27.3 Å². The molecule has 0 saturated heterocycles. The second-order valence-corrected chi connectivity index (χ2v) is 6.74. The third kappa shape index (κ3) is 3.29. The Morgan fingerprint density at radius 2 is 2.12 bits per heavy atom. The molecule has 0 amide bonds. The van der Waals surface area contributed by atoms with E-state index < -0.39 is 0 Å². The van der Waals surface area contributed by atoms with Crippen molar-refractivity contribution in [1.82, 2.24) is 10.2 Å². The quantitative estimate of drug-likeness (QED) is 0.900. The van der Waals surface area contributed by atoms with Gasteiger partial charge in [-0.3, -0.25) is 0 Å². The molecular formula is C12H21BrN2S. The summed E-state index contributed by atoms with van der Waals surface area (Å²) in [4.78, 5) is 3.69. The molecule has 0 saturated carbocycles. The molecular weight excluding hydrogens is 284 g/mol. The molecule has 1 N–H and O–H groups in total. The van der Waals surface area contributed by atoms with E-state index in [9.17, 15) is 0 Å². The average Bonchev–Trinajstić information content (AvgIpc) is 2.60. The fourth-order valence-electron chi connectivity index (χ4n) is 1.68. The standard InChI is InChI=1S/C12H21BrN2S/c1-12(2,15(4)5)11(14-3)7-10-6-9(13)8-16-10/h6,8,11,14H,7H2,1-5H3. The number of hydrogen-bond donors (Lipinski definition) is 1. The molecule has 0 aliphatic heterocycles. The van der Waals surface area contributed by atoms with E-state index in [0.717, 1.165) is 6.42 Å². The van der Waals surface area contributed by atoms with Gasteiger partial charge in [-0.2, -0.15) is 0 Å². The van der Waals surface area contributed by atoms with Gasteiger partial charge in [0, 0.05) is 26.3 Å². The number of likely N-dealkylation sites (N-methyl/N-ethyl adjacent to an activating group) is 2. The minimum absolute atomic E-state index is 0.144. The van der Waals surface area contributed by atoms with E-state index in [2.05, 4.69) is 65.5 Å². The summed E-state index contributed by atoms with van der Waals surface area (Å²) >= 11 is 5.32. The van der Waals surface area contributed by atoms with Crippen molar-refractivity contribution < 1.29 is 0 Å². The van der Waals surface area contributed by atoms with Gasteiger partial charge in [-0.15, -0.1) is 11.3 Å². The normalized spacial score (nSPS) is 14.4. The van der Waals surface area contributed by atoms with E-state index in [1.165, 1.54) is 9.35 Å². The van der Waals surface area contributed by atoms with Gasteiger partial charge in [0.15, 0.2) is 0 Å². The molecule has 16 heavy (non-hydrogen) atoms. The van der Waals surface area contributed by atoms with Crippen molar-refractivity contribution in [2.45, 2.75) is 31.8 Å². The minimum atomic E-state index is 0.144. The maximum Gasteiger partial charge on any atom is 0.0303 e. The SMILES string of the molecule is CNC(Cc1cc(Br)cs1)C(C)(C)N(C)C. The lowest BCUT2D eigenvalue weighted by atomic mass is 9.90. The third-order valence-electron chi connectivity index (χ3n) is 3.38. The maximum absolute atomic E-state index is 3.50. The van der Waals surface area contributed by atoms with Crippen LogP contribution in [-0.2, 0) is 6.42 Å². The maximum atomic E-state index is 3.50. The van der Waals surface area contributed by atoms with Crippen LogP contribution in [0.2, 0.25) is 0 Å². The third-order valence-corrected chi connectivity index (χ3v) is 5.10. The van der Waals surface area contributed by atoms with E-state index in [-0.39, 0.29) is 5.54 Å². The first kappa shape index (κ1) is 14.2. The topological polar surface area (TPSA) is 15.3 Å². The first-order valence-electron chi connectivity index (χ1n) is 5.45. The zero-order valence-corrected chi connectivity index (χ0v) is 13.1. The number of hydrogen-bond acceptors (Lipinski definition) is 3. The summed E-state index contributed by atoms with van der Waals surface area (Å²) in [5, 5.41) is 5.57. The second-order valence-electron chi connectivity index (χ2n) is 4.82. The van der Waals surface area contributed by atoms with Gasteiger partial charge < -0.3 is 10.2 Å². The van der Waals surface area contributed by atoms with Gasteiger partial charge in [0.25, 0.3) is 0 Å². The van der Waals surface area contributed by atoms with Gasteiger partial charge in [0.1, 0.15) is 0 Å². The molecule has 1 aromatic heterocycles. The van der Waals surface area contributed by atoms with Crippen molar-refractivity contribution in [3.63, 3.8) is 0 Å². The number of halogens is 1. The van der Waals surface area contributed by atoms with Crippen molar-refractivity contribution in [2.75, 3.05) is 21.1 Å². The largest absolute Gasteiger partial charge is 0.315 e. The monoisotopic (exact) mass is 304 g/mol. The molecule has 4 heteroatoms. The molecule has 1 unspecified atom stereocenters. The van der Waals surface area contributed by atoms with Crippen LogP contribution in [0.1, 0.15) is 18.7 Å². The van der Waals surface area contributed by atoms with Gasteiger partial charge in [-0.1, -0.05) is 0 Å². The van der Waals surface area contributed by atoms with E-state index in [0.29, 0.717) is 6.04 Å². The van der Waals surface area contributed by atoms with Crippen LogP contribution in [0.3, 0.4) is 0 Å². The molecule has 1 aromatic rings. The van der Waals surface area contributed by atoms with Gasteiger partial charge in [-0.05, 0) is 63.4 Å². The van der Waals surface area contributed by atoms with Crippen LogP contribution in [0, 0.1) is 0 Å². The minimum Gasteiger partial charge on any atom is -0.315 e. The van der Waals surface area contributed by atoms with Crippen molar-refractivity contribution in [3.8, 4) is 0 Å². The Labute approximate surface area is 111 Å². The predicted octanol–water partition coefficient (Wildman–Crippen LogP) is 2.98. The Kier molecular flexibility index (Phi) is 4.98. The van der Waals surface area contributed by atoms with Gasteiger partial charge in [-0.25, -0.2) is 0 Å². The Hall–Kier alpha value is 0.1000. The molecule has 1 rings (SSSR count). The van der Waals surface area contributed by atoms with Crippen LogP contribution < -0.4 is 5.32 Å². The Bertz CT molecular complexity index is 334. The number of rotatable bonds is 5. The molecule has 92 valence electrons. The van der Waals surface area contributed by atoms with Crippen LogP contribution in [0.5, 0.6) is 0 Å². The first-order chi connectivity index (χ1) is 7.37. The van der Waals surface area contributed by atoms with Crippen molar-refractivity contribution in [3.05, 3.63) is 20.8 Å². The fraction of sp³-hybridized carbons (Fsp3) is 0.667. The Morgan fingerprint density at radius 1 is 1.50 bits per heavy atom. The fourth-order valence-corrected chi connectivity index (χ4v) is 3.18. The molecule has 0 bridgehead atoms. The van der Waals surface area contributed by atoms with Gasteiger partial charge in [0.2, 0.25) is 0 Å². The lowest BCUT2D eigenvalue weighted by Crippen LogP contribution is -2.55. The lowest BCUT2D eigenvalue weighted by molar-refractivity contribution is 0.142. The highest BCUT2D eigenvalue weighted by Gasteiger charge is 2.30. The summed E-state index contributed by atoms with van der Waals surface area (Å²) in [5.74, 6) is 0. The van der Waals surface area contributed by atoms with E-state index in [1.54, 1.807) is 0 Å². The Balaban J connectivity index is 2.76. The van der Waals surface area contributed by atoms with E-state index >= 15 is 0 Å². The highest BCUT2D eigenvalue weighted by atomic mass is 79.9. The molecule has 2 nitrogen and oxygen atoms in total. The zero-order chi connectivity index (χ0) is 12.3. The summed E-state index contributed by atoms with van der Waals surface area (Å²) in [6.45, 7) is 4.55. The van der Waals surface area contributed by atoms with E-state index in [1.807, 2.05) is 18.4 Å². The Morgan fingerprint density at radius 3 is 2.50 bits per heavy atom. The van der Waals surface area contributed by atoms with E-state index in [4.69, 9.17) is 0 Å². The summed E-state index contributed by atoms with van der Waals surface area (Å²) in [6.07, 6.45) is 1.07. The summed E-state index contributed by atoms with van der Waals surface area (Å²) < 4.78 is 1.19. The van der Waals surface area contributed by atoms with Crippen LogP contribution in [0.4, 0.5) is 0 Å². The molecule has 0 spiro atoms. The number of thiophene rings is 1. The summed E-state index contributed by atoms with van der Waals surface area (Å²) in [5.41, 5.74) is 0.144. The van der Waals surface area contributed by atoms with Crippen molar-refractivity contribution in [2.24, 2.45) is 0 Å². The second kappa shape index (κ2) is 5.63. The molecule has 0 aliphatic carbocycles. The highest BCUT2D eigenvalue weighted by Crippen LogP contribution is 2.25. The molecule has 0 aliphatic rings. The lowest BCUT2D eigenvalue weighted by Gasteiger charge is -2.40. The molecule has 0 aromatic carbocycles. The van der Waals surface area contributed by atoms with Crippen LogP contribution in [0.25, 0.3) is 0 Å². The average molecular weight is 305 g/mol. The van der Waals surface area contributed by atoms with Gasteiger partial charge >= 0.3 is 0 Å². The highest BCUT2D eigenvalue weighted by molar-refractivity contribution is 9.10. The molecule has 0 radical (unpaired) electrons. The zero-order valence-electron chi connectivity index (χ0n) is 10.7. The van der Waals surface area contributed by atoms with Crippen molar-refractivity contribution in [1.29, 1.82) is 0 Å². The van der Waals surface area contributed by atoms with Crippen LogP contribution in [0.15, 0.2) is 15.9 Å². The van der Waals surface area contributed by atoms with Crippen molar-refractivity contribution >= 4 is 27.3 Å². The predicted molar refractivity (Wildman–Crippen MR) is 76.3 cm³/mol. The molecule has 0 fully saturated rings.